The topological polar surface area (TPSA) is 32.3 Å². The summed E-state index contributed by atoms with van der Waals surface area (Å²) in [4.78, 5) is 4.32. The summed E-state index contributed by atoms with van der Waals surface area (Å²) in [5.41, 5.74) is -1.24. The molecule has 1 aromatic carbocycles. The maximum Gasteiger partial charge on any atom is 0.418 e. The van der Waals surface area contributed by atoms with E-state index < -0.39 is 23.3 Å². The molecule has 4 rings (SSSR count). The minimum absolute atomic E-state index is 0.0126. The molecule has 1 aliphatic heterocycles. The smallest absolute Gasteiger partial charge is 0.358 e. The molecule has 0 amide bonds. The van der Waals surface area contributed by atoms with E-state index in [4.69, 9.17) is 11.6 Å². The van der Waals surface area contributed by atoms with Crippen LogP contribution in [0.15, 0.2) is 24.3 Å². The number of hydrogen-bond acceptors (Lipinski definition) is 4. The Morgan fingerprint density at radius 2 is 1.71 bits per heavy atom. The van der Waals surface area contributed by atoms with Crippen LogP contribution in [0.2, 0.25) is 5.02 Å². The molecule has 0 spiro atoms. The fourth-order valence-corrected chi connectivity index (χ4v) is 5.70. The van der Waals surface area contributed by atoms with Crippen molar-refractivity contribution >= 4 is 17.4 Å². The number of hydrogen-bond donors (Lipinski definition) is 0. The van der Waals surface area contributed by atoms with Crippen LogP contribution in [0.3, 0.4) is 0 Å². The molecular weight excluding hydrogens is 480 g/mol. The Hall–Kier alpha value is -1.93. The monoisotopic (exact) mass is 512 g/mol. The van der Waals surface area contributed by atoms with Crippen LogP contribution in [-0.2, 0) is 6.18 Å². The second-order valence-corrected chi connectivity index (χ2v) is 11.8. The molecule has 192 valence electrons. The minimum atomic E-state index is -4.68. The fraction of sp³-hybridized carbons (Fsp3) is 0.615. The lowest BCUT2D eigenvalue weighted by Gasteiger charge is -2.26. The molecule has 9 heteroatoms. The number of alkyl halides is 3. The van der Waals surface area contributed by atoms with Crippen LogP contribution >= 0.6 is 11.6 Å². The summed E-state index contributed by atoms with van der Waals surface area (Å²) in [6.45, 7) is 10.8. The average molecular weight is 513 g/mol. The van der Waals surface area contributed by atoms with Crippen molar-refractivity contribution in [1.29, 1.82) is 0 Å². The van der Waals surface area contributed by atoms with Gasteiger partial charge >= 0.3 is 6.18 Å². The molecule has 2 fully saturated rings. The van der Waals surface area contributed by atoms with E-state index in [2.05, 4.69) is 35.9 Å². The van der Waals surface area contributed by atoms with Crippen molar-refractivity contribution in [3.8, 4) is 11.3 Å². The van der Waals surface area contributed by atoms with Gasteiger partial charge in [-0.25, -0.2) is 4.39 Å². The number of aromatic nitrogens is 2. The first kappa shape index (κ1) is 26.1. The molecule has 3 atom stereocenters. The standard InChI is InChI=1S/C26H33ClF4N4/c1-25(2,3)7-8-35-14-17-9-16(10-18(17)15-35)13-34(4)23-12-21(26(29,30)31)24(33-32-23)20-11-19(28)5-6-22(20)27/h5-6,11-12,16-18H,7-10,13-15H2,1-4H3/t16-,17+,18-. The van der Waals surface area contributed by atoms with E-state index in [1.54, 1.807) is 11.9 Å². The first-order valence-corrected chi connectivity index (χ1v) is 12.5. The van der Waals surface area contributed by atoms with Gasteiger partial charge in [-0.2, -0.15) is 13.2 Å². The van der Waals surface area contributed by atoms with E-state index in [1.807, 2.05) is 0 Å². The zero-order valence-electron chi connectivity index (χ0n) is 20.7. The summed E-state index contributed by atoms with van der Waals surface area (Å²) >= 11 is 6.05. The van der Waals surface area contributed by atoms with Gasteiger partial charge in [0.25, 0.3) is 0 Å². The number of fused-ring (bicyclic) bond motifs is 1. The second-order valence-electron chi connectivity index (χ2n) is 11.4. The Morgan fingerprint density at radius 3 is 2.31 bits per heavy atom. The van der Waals surface area contributed by atoms with Gasteiger partial charge in [0, 0.05) is 32.2 Å². The molecule has 0 bridgehead atoms. The van der Waals surface area contributed by atoms with Crippen molar-refractivity contribution in [2.24, 2.45) is 23.2 Å². The van der Waals surface area contributed by atoms with E-state index >= 15 is 0 Å². The maximum absolute atomic E-state index is 13.9. The van der Waals surface area contributed by atoms with Crippen LogP contribution in [0.25, 0.3) is 11.3 Å². The van der Waals surface area contributed by atoms with Crippen molar-refractivity contribution in [3.63, 3.8) is 0 Å². The summed E-state index contributed by atoms with van der Waals surface area (Å²) < 4.78 is 55.5. The van der Waals surface area contributed by atoms with Gasteiger partial charge in [0.2, 0.25) is 0 Å². The predicted octanol–water partition coefficient (Wildman–Crippen LogP) is 6.79. The van der Waals surface area contributed by atoms with Crippen molar-refractivity contribution < 1.29 is 17.6 Å². The number of benzene rings is 1. The fourth-order valence-electron chi connectivity index (χ4n) is 5.49. The van der Waals surface area contributed by atoms with Crippen molar-refractivity contribution in [2.45, 2.75) is 46.2 Å². The number of halogens is 5. The van der Waals surface area contributed by atoms with Gasteiger partial charge in [-0.3, -0.25) is 0 Å². The van der Waals surface area contributed by atoms with Gasteiger partial charge in [0.15, 0.2) is 5.82 Å². The summed E-state index contributed by atoms with van der Waals surface area (Å²) in [5, 5.41) is 7.90. The van der Waals surface area contributed by atoms with Crippen LogP contribution in [-0.4, -0.2) is 48.3 Å². The average Bonchev–Trinajstić information content (AvgIpc) is 3.30. The molecule has 1 saturated carbocycles. The third-order valence-electron chi connectivity index (χ3n) is 7.30. The van der Waals surface area contributed by atoms with Crippen molar-refractivity contribution in [3.05, 3.63) is 40.7 Å². The molecule has 2 heterocycles. The minimum Gasteiger partial charge on any atom is -0.358 e. The SMILES string of the molecule is CN(C[C@H]1C[C@@H]2CN(CCC(C)(C)C)C[C@@H]2C1)c1cc(C(F)(F)F)c(-c2cc(F)ccc2Cl)nn1. The summed E-state index contributed by atoms with van der Waals surface area (Å²) in [6, 6.07) is 4.26. The van der Waals surface area contributed by atoms with E-state index in [-0.39, 0.29) is 16.4 Å². The molecule has 1 aromatic heterocycles. The first-order chi connectivity index (χ1) is 16.3. The zero-order chi connectivity index (χ0) is 25.5. The summed E-state index contributed by atoms with van der Waals surface area (Å²) in [7, 11) is 1.75. The van der Waals surface area contributed by atoms with Gasteiger partial charge < -0.3 is 9.80 Å². The number of likely N-dealkylation sites (tertiary alicyclic amines) is 1. The van der Waals surface area contributed by atoms with Crippen LogP contribution in [0.1, 0.15) is 45.6 Å². The lowest BCUT2D eigenvalue weighted by atomic mass is 9.92. The molecule has 2 aliphatic rings. The predicted molar refractivity (Wildman–Crippen MR) is 131 cm³/mol. The van der Waals surface area contributed by atoms with Gasteiger partial charge in [0.05, 0.1) is 10.6 Å². The molecule has 4 nitrogen and oxygen atoms in total. The molecule has 35 heavy (non-hydrogen) atoms. The number of anilines is 1. The Bertz CT molecular complexity index is 1040. The maximum atomic E-state index is 13.9. The highest BCUT2D eigenvalue weighted by molar-refractivity contribution is 6.33. The molecule has 1 saturated heterocycles. The molecule has 0 radical (unpaired) electrons. The largest absolute Gasteiger partial charge is 0.418 e. The Labute approximate surface area is 209 Å². The van der Waals surface area contributed by atoms with Crippen molar-refractivity contribution in [1.82, 2.24) is 15.1 Å². The van der Waals surface area contributed by atoms with Gasteiger partial charge in [-0.05, 0) is 73.2 Å². The molecule has 0 unspecified atom stereocenters. The lowest BCUT2D eigenvalue weighted by Crippen LogP contribution is -2.29. The quantitative estimate of drug-likeness (QED) is 0.399. The van der Waals surface area contributed by atoms with Crippen LogP contribution in [0.4, 0.5) is 23.4 Å². The summed E-state index contributed by atoms with van der Waals surface area (Å²) in [5.74, 6) is 1.18. The van der Waals surface area contributed by atoms with E-state index in [9.17, 15) is 17.6 Å². The Kier molecular flexibility index (Phi) is 7.36. The Balaban J connectivity index is 1.44. The summed E-state index contributed by atoms with van der Waals surface area (Å²) in [6.07, 6.45) is -1.35. The third-order valence-corrected chi connectivity index (χ3v) is 7.62. The first-order valence-electron chi connectivity index (χ1n) is 12.1. The number of rotatable bonds is 6. The second kappa shape index (κ2) is 9.85. The normalized spacial score (nSPS) is 23.1. The molecule has 1 aliphatic carbocycles. The molecule has 0 N–H and O–H groups in total. The van der Waals surface area contributed by atoms with E-state index in [0.717, 1.165) is 50.7 Å². The zero-order valence-corrected chi connectivity index (χ0v) is 21.4. The van der Waals surface area contributed by atoms with Crippen LogP contribution < -0.4 is 4.90 Å². The van der Waals surface area contributed by atoms with Gasteiger partial charge in [-0.1, -0.05) is 32.4 Å². The Morgan fingerprint density at radius 1 is 1.06 bits per heavy atom. The third kappa shape index (κ3) is 6.26. The van der Waals surface area contributed by atoms with Crippen LogP contribution in [0.5, 0.6) is 0 Å². The van der Waals surface area contributed by atoms with Gasteiger partial charge in [-0.15, -0.1) is 10.2 Å². The van der Waals surface area contributed by atoms with E-state index in [1.165, 1.54) is 12.5 Å². The molecule has 2 aromatic rings. The number of nitrogens with zero attached hydrogens (tertiary/aromatic N) is 4. The van der Waals surface area contributed by atoms with Crippen molar-refractivity contribution in [2.75, 3.05) is 38.1 Å². The highest BCUT2D eigenvalue weighted by atomic mass is 35.5. The highest BCUT2D eigenvalue weighted by Gasteiger charge is 2.41. The van der Waals surface area contributed by atoms with Gasteiger partial charge in [0.1, 0.15) is 11.5 Å². The van der Waals surface area contributed by atoms with Crippen LogP contribution in [0, 0.1) is 29.0 Å². The lowest BCUT2D eigenvalue weighted by molar-refractivity contribution is -0.137. The molecular formula is C26H33ClF4N4. The van der Waals surface area contributed by atoms with E-state index in [0.29, 0.717) is 29.7 Å². The highest BCUT2D eigenvalue weighted by Crippen LogP contribution is 2.43.